The number of hydrazine groups is 2. The van der Waals surface area contributed by atoms with Crippen LogP contribution in [0, 0.1) is 5.82 Å². The first-order valence-electron chi connectivity index (χ1n) is 7.23. The summed E-state index contributed by atoms with van der Waals surface area (Å²) in [7, 11) is 0. The second-order valence-corrected chi connectivity index (χ2v) is 5.28. The molecule has 0 bridgehead atoms. The van der Waals surface area contributed by atoms with Crippen molar-refractivity contribution >= 4 is 17.5 Å². The average molecular weight is 330 g/mol. The smallest absolute Gasteiger partial charge is 0.347 e. The minimum atomic E-state index is -0.648. The number of ketones is 1. The van der Waals surface area contributed by atoms with E-state index in [4.69, 9.17) is 0 Å². The fourth-order valence-corrected chi connectivity index (χ4v) is 2.47. The van der Waals surface area contributed by atoms with E-state index < -0.39 is 12.1 Å². The number of rotatable bonds is 4. The van der Waals surface area contributed by atoms with Crippen molar-refractivity contribution < 1.29 is 19.1 Å². The molecule has 124 valence electrons. The SMILES string of the molecule is O=C(NNc1ccc(F)cc1)NNC1Cc2c(O)cccc2C1=O. The first kappa shape index (κ1) is 15.8. The number of carbonyl (C=O) groups is 2. The number of urea groups is 1. The van der Waals surface area contributed by atoms with E-state index in [1.165, 1.54) is 30.3 Å². The molecule has 8 heteroatoms. The summed E-state index contributed by atoms with van der Waals surface area (Å²) in [5.74, 6) is -0.519. The summed E-state index contributed by atoms with van der Waals surface area (Å²) >= 11 is 0. The number of halogens is 1. The number of fused-ring (bicyclic) bond motifs is 1. The summed E-state index contributed by atoms with van der Waals surface area (Å²) < 4.78 is 12.8. The van der Waals surface area contributed by atoms with Crippen molar-refractivity contribution in [1.82, 2.24) is 16.3 Å². The molecule has 2 amide bonds. The molecule has 1 aliphatic rings. The molecule has 2 aromatic rings. The number of benzene rings is 2. The van der Waals surface area contributed by atoms with Crippen LogP contribution in [0.2, 0.25) is 0 Å². The molecule has 2 aromatic carbocycles. The van der Waals surface area contributed by atoms with E-state index in [1.807, 2.05) is 0 Å². The van der Waals surface area contributed by atoms with Gasteiger partial charge in [0, 0.05) is 17.5 Å². The molecule has 0 saturated carbocycles. The predicted octanol–water partition coefficient (Wildman–Crippen LogP) is 1.47. The maximum atomic E-state index is 12.8. The largest absolute Gasteiger partial charge is 0.508 e. The van der Waals surface area contributed by atoms with Gasteiger partial charge in [0.15, 0.2) is 5.78 Å². The van der Waals surface area contributed by atoms with Gasteiger partial charge in [0.05, 0.1) is 11.7 Å². The Labute approximate surface area is 136 Å². The quantitative estimate of drug-likeness (QED) is 0.546. The van der Waals surface area contributed by atoms with Gasteiger partial charge in [0.25, 0.3) is 0 Å². The second-order valence-electron chi connectivity index (χ2n) is 5.28. The molecule has 1 aliphatic carbocycles. The Morgan fingerprint density at radius 1 is 1.12 bits per heavy atom. The molecular formula is C16H15FN4O3. The molecule has 1 atom stereocenters. The fourth-order valence-electron chi connectivity index (χ4n) is 2.47. The van der Waals surface area contributed by atoms with Gasteiger partial charge >= 0.3 is 6.03 Å². The third-order valence-electron chi connectivity index (χ3n) is 3.67. The number of nitrogens with one attached hydrogen (secondary N) is 4. The summed E-state index contributed by atoms with van der Waals surface area (Å²) in [6.45, 7) is 0. The van der Waals surface area contributed by atoms with Crippen LogP contribution in [0.1, 0.15) is 15.9 Å². The van der Waals surface area contributed by atoms with Gasteiger partial charge in [-0.1, -0.05) is 12.1 Å². The first-order valence-corrected chi connectivity index (χ1v) is 7.23. The van der Waals surface area contributed by atoms with Crippen molar-refractivity contribution in [3.8, 4) is 5.75 Å². The zero-order valence-corrected chi connectivity index (χ0v) is 12.5. The van der Waals surface area contributed by atoms with E-state index in [0.717, 1.165) is 0 Å². The van der Waals surface area contributed by atoms with E-state index in [0.29, 0.717) is 16.8 Å². The Morgan fingerprint density at radius 2 is 1.88 bits per heavy atom. The minimum absolute atomic E-state index is 0.0626. The molecule has 1 unspecified atom stereocenters. The molecular weight excluding hydrogens is 315 g/mol. The maximum absolute atomic E-state index is 12.8. The third-order valence-corrected chi connectivity index (χ3v) is 3.67. The molecule has 0 spiro atoms. The van der Waals surface area contributed by atoms with Gasteiger partial charge in [-0.25, -0.2) is 14.6 Å². The lowest BCUT2D eigenvalue weighted by Crippen LogP contribution is -2.51. The molecule has 0 heterocycles. The molecule has 0 radical (unpaired) electrons. The van der Waals surface area contributed by atoms with Crippen molar-refractivity contribution in [1.29, 1.82) is 0 Å². The van der Waals surface area contributed by atoms with E-state index in [-0.39, 0.29) is 23.8 Å². The van der Waals surface area contributed by atoms with Crippen molar-refractivity contribution in [2.24, 2.45) is 0 Å². The van der Waals surface area contributed by atoms with Crippen LogP contribution < -0.4 is 21.7 Å². The summed E-state index contributed by atoms with van der Waals surface area (Å²) in [4.78, 5) is 23.9. The minimum Gasteiger partial charge on any atom is -0.508 e. The lowest BCUT2D eigenvalue weighted by atomic mass is 10.1. The fraction of sp³-hybridized carbons (Fsp3) is 0.125. The van der Waals surface area contributed by atoms with Crippen LogP contribution >= 0.6 is 0 Å². The Morgan fingerprint density at radius 3 is 2.58 bits per heavy atom. The van der Waals surface area contributed by atoms with Gasteiger partial charge < -0.3 is 5.11 Å². The topological polar surface area (TPSA) is 102 Å². The molecule has 3 rings (SSSR count). The number of Topliss-reactive ketones (excluding diaryl/α,β-unsaturated/α-hetero) is 1. The average Bonchev–Trinajstić information content (AvgIpc) is 2.90. The summed E-state index contributed by atoms with van der Waals surface area (Å²) in [5.41, 5.74) is 11.4. The van der Waals surface area contributed by atoms with E-state index >= 15 is 0 Å². The molecule has 5 N–H and O–H groups in total. The zero-order valence-electron chi connectivity index (χ0n) is 12.5. The van der Waals surface area contributed by atoms with Crippen molar-refractivity contribution in [2.45, 2.75) is 12.5 Å². The maximum Gasteiger partial charge on any atom is 0.347 e. The number of hydrogen-bond acceptors (Lipinski definition) is 5. The lowest BCUT2D eigenvalue weighted by Gasteiger charge is -2.14. The number of phenolic OH excluding ortho intramolecular Hbond substituents is 1. The van der Waals surface area contributed by atoms with E-state index in [9.17, 15) is 19.1 Å². The van der Waals surface area contributed by atoms with Crippen LogP contribution in [0.15, 0.2) is 42.5 Å². The van der Waals surface area contributed by atoms with Crippen LogP contribution in [0.5, 0.6) is 5.75 Å². The predicted molar refractivity (Wildman–Crippen MR) is 84.8 cm³/mol. The van der Waals surface area contributed by atoms with Crippen LogP contribution in [0.4, 0.5) is 14.9 Å². The highest BCUT2D eigenvalue weighted by molar-refractivity contribution is 6.05. The van der Waals surface area contributed by atoms with Gasteiger partial charge in [-0.15, -0.1) is 0 Å². The number of hydrogen-bond donors (Lipinski definition) is 5. The number of aromatic hydroxyl groups is 1. The highest BCUT2D eigenvalue weighted by Crippen LogP contribution is 2.29. The molecule has 24 heavy (non-hydrogen) atoms. The second kappa shape index (κ2) is 6.55. The standard InChI is InChI=1S/C16H15FN4O3/c17-9-4-6-10(7-5-9)18-20-16(24)21-19-13-8-12-11(15(13)23)2-1-3-14(12)22/h1-7,13,18-19,22H,8H2,(H2,20,21,24). The summed E-state index contributed by atoms with van der Waals surface area (Å²) in [5, 5.41) is 9.76. The zero-order chi connectivity index (χ0) is 17.1. The Bertz CT molecular complexity index is 779. The van der Waals surface area contributed by atoms with Crippen molar-refractivity contribution in [3.63, 3.8) is 0 Å². The van der Waals surface area contributed by atoms with E-state index in [2.05, 4.69) is 21.7 Å². The van der Waals surface area contributed by atoms with Gasteiger partial charge in [-0.05, 0) is 30.3 Å². The summed E-state index contributed by atoms with van der Waals surface area (Å²) in [6.07, 6.45) is 0.284. The normalized spacial score (nSPS) is 15.7. The molecule has 0 saturated heterocycles. The number of carbonyl (C=O) groups excluding carboxylic acids is 2. The Kier molecular flexibility index (Phi) is 4.30. The number of phenols is 1. The number of amides is 2. The Hall–Kier alpha value is -3.13. The number of anilines is 1. The lowest BCUT2D eigenvalue weighted by molar-refractivity contribution is 0.0952. The van der Waals surface area contributed by atoms with Crippen LogP contribution in [0.25, 0.3) is 0 Å². The summed E-state index contributed by atoms with van der Waals surface area (Å²) in [6, 6.07) is 8.91. The highest BCUT2D eigenvalue weighted by Gasteiger charge is 2.32. The molecule has 0 aromatic heterocycles. The van der Waals surface area contributed by atoms with Gasteiger partial charge in [0.2, 0.25) is 0 Å². The van der Waals surface area contributed by atoms with Crippen molar-refractivity contribution in [2.75, 3.05) is 5.43 Å². The molecule has 0 fully saturated rings. The highest BCUT2D eigenvalue weighted by atomic mass is 19.1. The molecule has 0 aliphatic heterocycles. The van der Waals surface area contributed by atoms with Crippen molar-refractivity contribution in [3.05, 3.63) is 59.4 Å². The first-order chi connectivity index (χ1) is 11.5. The molecule has 7 nitrogen and oxygen atoms in total. The van der Waals surface area contributed by atoms with Crippen LogP contribution in [-0.4, -0.2) is 23.0 Å². The van der Waals surface area contributed by atoms with Crippen LogP contribution in [0.3, 0.4) is 0 Å². The van der Waals surface area contributed by atoms with Gasteiger partial charge in [-0.3, -0.25) is 21.1 Å². The monoisotopic (exact) mass is 330 g/mol. The van der Waals surface area contributed by atoms with Crippen LogP contribution in [-0.2, 0) is 6.42 Å². The van der Waals surface area contributed by atoms with Gasteiger partial charge in [-0.2, -0.15) is 0 Å². The van der Waals surface area contributed by atoms with E-state index in [1.54, 1.807) is 12.1 Å². The third kappa shape index (κ3) is 3.28. The van der Waals surface area contributed by atoms with Gasteiger partial charge in [0.1, 0.15) is 11.6 Å². The Balaban J connectivity index is 1.50.